The Labute approximate surface area is 199 Å². The molecule has 0 radical (unpaired) electrons. The average molecular weight is 450 g/mol. The van der Waals surface area contributed by atoms with Crippen LogP contribution in [0.5, 0.6) is 0 Å². The molecule has 1 amide bonds. The predicted molar refractivity (Wildman–Crippen MR) is 138 cm³/mol. The predicted octanol–water partition coefficient (Wildman–Crippen LogP) is 4.07. The zero-order chi connectivity index (χ0) is 23.6. The summed E-state index contributed by atoms with van der Waals surface area (Å²) in [6, 6.07) is 17.3. The van der Waals surface area contributed by atoms with Crippen molar-refractivity contribution in [3.05, 3.63) is 65.2 Å². The van der Waals surface area contributed by atoms with Crippen molar-refractivity contribution in [3.63, 3.8) is 0 Å². The molecule has 1 aliphatic rings. The first-order valence-corrected chi connectivity index (χ1v) is 12.0. The van der Waals surface area contributed by atoms with E-state index in [9.17, 15) is 4.79 Å². The maximum Gasteiger partial charge on any atom is 0.253 e. The van der Waals surface area contributed by atoms with Gasteiger partial charge in [-0.1, -0.05) is 43.5 Å². The molecule has 178 valence electrons. The molecule has 2 aromatic rings. The van der Waals surface area contributed by atoms with Crippen molar-refractivity contribution in [1.29, 1.82) is 0 Å². The SMILES string of the molecule is CN=C(NCCc1cccc(C(=O)N(C)C)c1)NCc1ccc(N(C)C2CCCCC2)cc1. The topological polar surface area (TPSA) is 60.0 Å². The summed E-state index contributed by atoms with van der Waals surface area (Å²) in [5.74, 6) is 0.803. The van der Waals surface area contributed by atoms with E-state index in [1.165, 1.54) is 43.4 Å². The molecular formula is C27H39N5O. The number of benzene rings is 2. The molecule has 0 bridgehead atoms. The number of nitrogens with zero attached hydrogens (tertiary/aromatic N) is 3. The quantitative estimate of drug-likeness (QED) is 0.471. The fourth-order valence-electron chi connectivity index (χ4n) is 4.38. The van der Waals surface area contributed by atoms with Gasteiger partial charge in [0.15, 0.2) is 5.96 Å². The summed E-state index contributed by atoms with van der Waals surface area (Å²) in [6.07, 6.45) is 7.51. The standard InChI is InChI=1S/C27H39N5O/c1-28-27(29-18-17-21-9-8-10-23(19-21)26(33)31(2)3)30-20-22-13-15-25(16-14-22)32(4)24-11-6-5-7-12-24/h8-10,13-16,19,24H,5-7,11-12,17-18,20H2,1-4H3,(H2,28,29,30). The third kappa shape index (κ3) is 7.24. The maximum atomic E-state index is 12.2. The Morgan fingerprint density at radius 3 is 2.36 bits per heavy atom. The third-order valence-electron chi connectivity index (χ3n) is 6.44. The van der Waals surface area contributed by atoms with Crippen LogP contribution in [0.3, 0.4) is 0 Å². The molecule has 0 atom stereocenters. The Morgan fingerprint density at radius 2 is 1.70 bits per heavy atom. The lowest BCUT2D eigenvalue weighted by Gasteiger charge is -2.33. The molecule has 1 saturated carbocycles. The van der Waals surface area contributed by atoms with Gasteiger partial charge in [0.25, 0.3) is 5.91 Å². The highest BCUT2D eigenvalue weighted by Crippen LogP contribution is 2.26. The van der Waals surface area contributed by atoms with Crippen molar-refractivity contribution in [3.8, 4) is 0 Å². The number of carbonyl (C=O) groups is 1. The number of amides is 1. The number of nitrogens with one attached hydrogen (secondary N) is 2. The van der Waals surface area contributed by atoms with Crippen molar-refractivity contribution >= 4 is 17.6 Å². The zero-order valence-corrected chi connectivity index (χ0v) is 20.6. The van der Waals surface area contributed by atoms with Crippen LogP contribution in [0.4, 0.5) is 5.69 Å². The molecule has 0 unspecified atom stereocenters. The molecule has 2 N–H and O–H groups in total. The van der Waals surface area contributed by atoms with Crippen LogP contribution in [-0.2, 0) is 13.0 Å². The fraction of sp³-hybridized carbons (Fsp3) is 0.481. The van der Waals surface area contributed by atoms with Crippen LogP contribution in [0.15, 0.2) is 53.5 Å². The third-order valence-corrected chi connectivity index (χ3v) is 6.44. The van der Waals surface area contributed by atoms with E-state index < -0.39 is 0 Å². The van der Waals surface area contributed by atoms with Gasteiger partial charge in [0.05, 0.1) is 0 Å². The Balaban J connectivity index is 1.45. The highest BCUT2D eigenvalue weighted by molar-refractivity contribution is 5.94. The summed E-state index contributed by atoms with van der Waals surface area (Å²) >= 11 is 0. The summed E-state index contributed by atoms with van der Waals surface area (Å²) < 4.78 is 0. The zero-order valence-electron chi connectivity index (χ0n) is 20.6. The largest absolute Gasteiger partial charge is 0.372 e. The van der Waals surface area contributed by atoms with Gasteiger partial charge < -0.3 is 20.4 Å². The minimum atomic E-state index is 0.0261. The van der Waals surface area contributed by atoms with Gasteiger partial charge in [-0.15, -0.1) is 0 Å². The first-order valence-electron chi connectivity index (χ1n) is 12.0. The van der Waals surface area contributed by atoms with Crippen LogP contribution in [0.25, 0.3) is 0 Å². The van der Waals surface area contributed by atoms with Gasteiger partial charge in [-0.05, 0) is 54.7 Å². The van der Waals surface area contributed by atoms with Crippen LogP contribution in [0.2, 0.25) is 0 Å². The smallest absolute Gasteiger partial charge is 0.253 e. The van der Waals surface area contributed by atoms with E-state index in [-0.39, 0.29) is 5.91 Å². The number of hydrogen-bond acceptors (Lipinski definition) is 3. The van der Waals surface area contributed by atoms with Gasteiger partial charge in [0.2, 0.25) is 0 Å². The number of rotatable bonds is 8. The van der Waals surface area contributed by atoms with Crippen LogP contribution < -0.4 is 15.5 Å². The van der Waals surface area contributed by atoms with E-state index in [0.29, 0.717) is 6.04 Å². The number of carbonyl (C=O) groups excluding carboxylic acids is 1. The minimum Gasteiger partial charge on any atom is -0.372 e. The number of hydrogen-bond donors (Lipinski definition) is 2. The molecule has 0 aromatic heterocycles. The molecule has 1 fully saturated rings. The lowest BCUT2D eigenvalue weighted by Crippen LogP contribution is -2.37. The summed E-state index contributed by atoms with van der Waals surface area (Å²) in [5.41, 5.74) is 4.37. The molecule has 33 heavy (non-hydrogen) atoms. The van der Waals surface area contributed by atoms with Crippen LogP contribution in [0.1, 0.15) is 53.6 Å². The first-order chi connectivity index (χ1) is 16.0. The lowest BCUT2D eigenvalue weighted by atomic mass is 9.94. The second kappa shape index (κ2) is 12.3. The Morgan fingerprint density at radius 1 is 0.970 bits per heavy atom. The average Bonchev–Trinajstić information content (AvgIpc) is 2.86. The molecule has 2 aromatic carbocycles. The van der Waals surface area contributed by atoms with Crippen molar-refractivity contribution in [2.75, 3.05) is 39.6 Å². The summed E-state index contributed by atoms with van der Waals surface area (Å²) in [5, 5.41) is 6.76. The van der Waals surface area contributed by atoms with Crippen molar-refractivity contribution in [1.82, 2.24) is 15.5 Å². The van der Waals surface area contributed by atoms with Gasteiger partial charge >= 0.3 is 0 Å². The Hall–Kier alpha value is -3.02. The second-order valence-electron chi connectivity index (χ2n) is 9.07. The van der Waals surface area contributed by atoms with Gasteiger partial charge in [-0.3, -0.25) is 9.79 Å². The van der Waals surface area contributed by atoms with Gasteiger partial charge in [-0.2, -0.15) is 0 Å². The van der Waals surface area contributed by atoms with E-state index in [4.69, 9.17) is 0 Å². The van der Waals surface area contributed by atoms with E-state index >= 15 is 0 Å². The Bertz CT molecular complexity index is 916. The second-order valence-corrected chi connectivity index (χ2v) is 9.07. The fourth-order valence-corrected chi connectivity index (χ4v) is 4.38. The Kier molecular flexibility index (Phi) is 9.16. The highest BCUT2D eigenvalue weighted by Gasteiger charge is 2.18. The van der Waals surface area contributed by atoms with Crippen molar-refractivity contribution < 1.29 is 4.79 Å². The van der Waals surface area contributed by atoms with Crippen LogP contribution >= 0.6 is 0 Å². The van der Waals surface area contributed by atoms with Gasteiger partial charge in [0.1, 0.15) is 0 Å². The lowest BCUT2D eigenvalue weighted by molar-refractivity contribution is 0.0827. The van der Waals surface area contributed by atoms with Crippen LogP contribution in [0, 0.1) is 0 Å². The molecule has 0 aliphatic heterocycles. The summed E-state index contributed by atoms with van der Waals surface area (Å²) in [7, 11) is 7.55. The monoisotopic (exact) mass is 449 g/mol. The first kappa shape index (κ1) is 24.6. The van der Waals surface area contributed by atoms with E-state index in [1.807, 2.05) is 18.2 Å². The number of aliphatic imine (C=N–C) groups is 1. The molecule has 1 aliphatic carbocycles. The number of guanidine groups is 1. The molecule has 0 heterocycles. The summed E-state index contributed by atoms with van der Waals surface area (Å²) in [4.78, 5) is 20.5. The van der Waals surface area contributed by atoms with Gasteiger partial charge in [-0.25, -0.2) is 0 Å². The minimum absolute atomic E-state index is 0.0261. The molecule has 6 nitrogen and oxygen atoms in total. The number of anilines is 1. The molecule has 6 heteroatoms. The van der Waals surface area contributed by atoms with Gasteiger partial charge in [0, 0.05) is 58.6 Å². The molecule has 0 spiro atoms. The van der Waals surface area contributed by atoms with Crippen molar-refractivity contribution in [2.24, 2.45) is 4.99 Å². The summed E-state index contributed by atoms with van der Waals surface area (Å²) in [6.45, 7) is 1.46. The maximum absolute atomic E-state index is 12.2. The van der Waals surface area contributed by atoms with E-state index in [1.54, 1.807) is 26.0 Å². The molecule has 0 saturated heterocycles. The molecular weight excluding hydrogens is 410 g/mol. The van der Waals surface area contributed by atoms with Crippen molar-refractivity contribution in [2.45, 2.75) is 51.1 Å². The highest BCUT2D eigenvalue weighted by atomic mass is 16.2. The van der Waals surface area contributed by atoms with E-state index in [0.717, 1.165) is 36.6 Å². The molecule has 3 rings (SSSR count). The normalized spacial score (nSPS) is 14.6. The van der Waals surface area contributed by atoms with Crippen LogP contribution in [-0.4, -0.2) is 57.5 Å². The van der Waals surface area contributed by atoms with E-state index in [2.05, 4.69) is 57.9 Å².